The molecule has 0 fully saturated rings. The van der Waals surface area contributed by atoms with Crippen LogP contribution in [0.2, 0.25) is 0 Å². The smallest absolute Gasteiger partial charge is 0.126 e. The zero-order valence-corrected chi connectivity index (χ0v) is 11.8. The lowest BCUT2D eigenvalue weighted by Gasteiger charge is -2.09. The second-order valence-corrected chi connectivity index (χ2v) is 4.94. The second kappa shape index (κ2) is 5.79. The molecule has 0 aliphatic heterocycles. The van der Waals surface area contributed by atoms with E-state index < -0.39 is 0 Å². The van der Waals surface area contributed by atoms with Gasteiger partial charge in [0, 0.05) is 24.6 Å². The van der Waals surface area contributed by atoms with Crippen LogP contribution < -0.4 is 5.32 Å². The maximum absolute atomic E-state index is 13.2. The number of hydrogen-bond acceptors (Lipinski definition) is 2. The molecule has 0 spiro atoms. The highest BCUT2D eigenvalue weighted by Gasteiger charge is 2.01. The van der Waals surface area contributed by atoms with Crippen LogP contribution in [0.25, 0.3) is 5.69 Å². The van der Waals surface area contributed by atoms with E-state index in [1.54, 1.807) is 19.2 Å². The van der Waals surface area contributed by atoms with Crippen LogP contribution in [0.3, 0.4) is 0 Å². The van der Waals surface area contributed by atoms with Gasteiger partial charge in [-0.2, -0.15) is 5.10 Å². The van der Waals surface area contributed by atoms with Gasteiger partial charge in [0.1, 0.15) is 5.82 Å². The number of halogens is 1. The van der Waals surface area contributed by atoms with E-state index in [4.69, 9.17) is 0 Å². The van der Waals surface area contributed by atoms with Gasteiger partial charge in [0.25, 0.3) is 0 Å². The third kappa shape index (κ3) is 3.11. The average Bonchev–Trinajstić information content (AvgIpc) is 3.03. The summed E-state index contributed by atoms with van der Waals surface area (Å²) in [6, 6.07) is 15.1. The Balaban J connectivity index is 1.73. The monoisotopic (exact) mass is 281 g/mol. The lowest BCUT2D eigenvalue weighted by Crippen LogP contribution is -2.01. The molecule has 0 amide bonds. The minimum Gasteiger partial charge on any atom is -0.381 e. The van der Waals surface area contributed by atoms with Crippen molar-refractivity contribution < 1.29 is 4.39 Å². The first kappa shape index (κ1) is 13.4. The van der Waals surface area contributed by atoms with E-state index in [2.05, 4.69) is 10.4 Å². The van der Waals surface area contributed by atoms with Gasteiger partial charge in [-0.1, -0.05) is 18.2 Å². The van der Waals surface area contributed by atoms with Crippen molar-refractivity contribution in [2.75, 3.05) is 5.32 Å². The van der Waals surface area contributed by atoms with Crippen molar-refractivity contribution in [3.63, 3.8) is 0 Å². The molecule has 3 nitrogen and oxygen atoms in total. The molecule has 21 heavy (non-hydrogen) atoms. The van der Waals surface area contributed by atoms with Gasteiger partial charge < -0.3 is 5.32 Å². The normalized spacial score (nSPS) is 10.6. The van der Waals surface area contributed by atoms with Crippen molar-refractivity contribution in [3.05, 3.63) is 77.9 Å². The molecule has 0 atom stereocenters. The second-order valence-electron chi connectivity index (χ2n) is 4.94. The average molecular weight is 281 g/mol. The highest BCUT2D eigenvalue weighted by atomic mass is 19.1. The topological polar surface area (TPSA) is 29.9 Å². The maximum atomic E-state index is 13.2. The van der Waals surface area contributed by atoms with E-state index in [0.29, 0.717) is 12.1 Å². The quantitative estimate of drug-likeness (QED) is 0.785. The van der Waals surface area contributed by atoms with Crippen LogP contribution in [0.5, 0.6) is 0 Å². The molecular weight excluding hydrogens is 265 g/mol. The van der Waals surface area contributed by atoms with E-state index in [9.17, 15) is 4.39 Å². The van der Waals surface area contributed by atoms with Crippen molar-refractivity contribution in [2.45, 2.75) is 13.5 Å². The predicted octanol–water partition coefficient (Wildman–Crippen LogP) is 3.93. The SMILES string of the molecule is Cc1cc(CNc2cccc(-n3cccn3)c2)ccc1F. The van der Waals surface area contributed by atoms with Crippen molar-refractivity contribution in [2.24, 2.45) is 0 Å². The minimum atomic E-state index is -0.167. The summed E-state index contributed by atoms with van der Waals surface area (Å²) in [6.07, 6.45) is 3.66. The summed E-state index contributed by atoms with van der Waals surface area (Å²) in [5.41, 5.74) is 3.73. The number of nitrogens with zero attached hydrogens (tertiary/aromatic N) is 2. The van der Waals surface area contributed by atoms with Crippen LogP contribution >= 0.6 is 0 Å². The Morgan fingerprint density at radius 1 is 1.14 bits per heavy atom. The molecule has 106 valence electrons. The highest BCUT2D eigenvalue weighted by molar-refractivity contribution is 5.51. The molecule has 0 aliphatic carbocycles. The van der Waals surface area contributed by atoms with Crippen LogP contribution in [0.1, 0.15) is 11.1 Å². The number of aryl methyl sites for hydroxylation is 1. The first-order valence-electron chi connectivity index (χ1n) is 6.81. The van der Waals surface area contributed by atoms with Gasteiger partial charge in [0.15, 0.2) is 0 Å². The van der Waals surface area contributed by atoms with Crippen LogP contribution in [0.15, 0.2) is 60.9 Å². The fourth-order valence-corrected chi connectivity index (χ4v) is 2.20. The molecule has 4 heteroatoms. The fraction of sp³-hybridized carbons (Fsp3) is 0.118. The summed E-state index contributed by atoms with van der Waals surface area (Å²) < 4.78 is 15.1. The van der Waals surface area contributed by atoms with Crippen LogP contribution in [-0.2, 0) is 6.54 Å². The highest BCUT2D eigenvalue weighted by Crippen LogP contribution is 2.16. The van der Waals surface area contributed by atoms with E-state index in [0.717, 1.165) is 16.9 Å². The summed E-state index contributed by atoms with van der Waals surface area (Å²) in [5.74, 6) is -0.167. The fourth-order valence-electron chi connectivity index (χ4n) is 2.20. The molecule has 3 aromatic rings. The van der Waals surface area contributed by atoms with Gasteiger partial charge in [-0.15, -0.1) is 0 Å². The third-order valence-corrected chi connectivity index (χ3v) is 3.33. The number of benzene rings is 2. The Kier molecular flexibility index (Phi) is 3.69. The molecule has 1 N–H and O–H groups in total. The van der Waals surface area contributed by atoms with E-state index >= 15 is 0 Å². The molecule has 0 bridgehead atoms. The summed E-state index contributed by atoms with van der Waals surface area (Å²) >= 11 is 0. The van der Waals surface area contributed by atoms with E-state index in [1.807, 2.05) is 47.3 Å². The molecule has 1 aromatic heterocycles. The first-order chi connectivity index (χ1) is 10.2. The van der Waals surface area contributed by atoms with Crippen molar-refractivity contribution >= 4 is 5.69 Å². The van der Waals surface area contributed by atoms with Gasteiger partial charge in [0.05, 0.1) is 5.69 Å². The standard InChI is InChI=1S/C17H16FN3/c1-13-10-14(6-7-17(13)18)12-19-15-4-2-5-16(11-15)21-9-3-8-20-21/h2-11,19H,12H2,1H3. The van der Waals surface area contributed by atoms with Gasteiger partial charge in [-0.3, -0.25) is 0 Å². The molecule has 2 aromatic carbocycles. The molecule has 0 radical (unpaired) electrons. The third-order valence-electron chi connectivity index (χ3n) is 3.33. The largest absolute Gasteiger partial charge is 0.381 e. The van der Waals surface area contributed by atoms with Gasteiger partial charge in [-0.25, -0.2) is 9.07 Å². The summed E-state index contributed by atoms with van der Waals surface area (Å²) in [6.45, 7) is 2.43. The van der Waals surface area contributed by atoms with Crippen molar-refractivity contribution in [1.29, 1.82) is 0 Å². The van der Waals surface area contributed by atoms with E-state index in [-0.39, 0.29) is 5.82 Å². The van der Waals surface area contributed by atoms with Crippen molar-refractivity contribution in [1.82, 2.24) is 9.78 Å². The lowest BCUT2D eigenvalue weighted by molar-refractivity contribution is 0.617. The predicted molar refractivity (Wildman–Crippen MR) is 82.0 cm³/mol. The Bertz CT molecular complexity index is 736. The molecule has 3 rings (SSSR count). The molecule has 0 unspecified atom stereocenters. The zero-order chi connectivity index (χ0) is 14.7. The van der Waals surface area contributed by atoms with Crippen molar-refractivity contribution in [3.8, 4) is 5.69 Å². The van der Waals surface area contributed by atoms with Gasteiger partial charge in [-0.05, 0) is 48.4 Å². The number of aromatic nitrogens is 2. The Labute approximate surface area is 123 Å². The van der Waals surface area contributed by atoms with Gasteiger partial charge in [0.2, 0.25) is 0 Å². The number of hydrogen-bond donors (Lipinski definition) is 1. The van der Waals surface area contributed by atoms with Gasteiger partial charge >= 0.3 is 0 Å². The molecule has 1 heterocycles. The summed E-state index contributed by atoms with van der Waals surface area (Å²) in [5, 5.41) is 7.56. The minimum absolute atomic E-state index is 0.167. The molecule has 0 aliphatic rings. The maximum Gasteiger partial charge on any atom is 0.126 e. The lowest BCUT2D eigenvalue weighted by atomic mass is 10.1. The van der Waals surface area contributed by atoms with E-state index in [1.165, 1.54) is 6.07 Å². The number of rotatable bonds is 4. The Morgan fingerprint density at radius 3 is 2.81 bits per heavy atom. The van der Waals surface area contributed by atoms with Crippen LogP contribution in [0, 0.1) is 12.7 Å². The summed E-state index contributed by atoms with van der Waals surface area (Å²) in [4.78, 5) is 0. The van der Waals surface area contributed by atoms with Crippen LogP contribution in [-0.4, -0.2) is 9.78 Å². The first-order valence-corrected chi connectivity index (χ1v) is 6.81. The number of anilines is 1. The zero-order valence-electron chi connectivity index (χ0n) is 11.8. The Morgan fingerprint density at radius 2 is 2.05 bits per heavy atom. The number of nitrogens with one attached hydrogen (secondary N) is 1. The Hall–Kier alpha value is -2.62. The van der Waals surface area contributed by atoms with Crippen LogP contribution in [0.4, 0.5) is 10.1 Å². The molecule has 0 saturated heterocycles. The molecule has 0 saturated carbocycles. The summed E-state index contributed by atoms with van der Waals surface area (Å²) in [7, 11) is 0. The molecular formula is C17H16FN3.